The van der Waals surface area contributed by atoms with Gasteiger partial charge in [0.05, 0.1) is 6.61 Å². The second-order valence-electron chi connectivity index (χ2n) is 2.51. The molecule has 0 bridgehead atoms. The van der Waals surface area contributed by atoms with Gasteiger partial charge in [0, 0.05) is 0 Å². The highest BCUT2D eigenvalue weighted by atomic mass is 16.4. The third-order valence-electron chi connectivity index (χ3n) is 1.51. The van der Waals surface area contributed by atoms with Crippen LogP contribution in [0, 0.1) is 0 Å². The molecule has 0 aromatic heterocycles. The zero-order valence-electron chi connectivity index (χ0n) is 7.61. The van der Waals surface area contributed by atoms with Crippen molar-refractivity contribution in [2.24, 2.45) is 0 Å². The Bertz CT molecular complexity index is 172. The number of hydrogen-bond acceptors (Lipinski definition) is 6. The van der Waals surface area contributed by atoms with E-state index in [1.807, 2.05) is 0 Å². The van der Waals surface area contributed by atoms with Gasteiger partial charge in [-0.15, -0.1) is 0 Å². The lowest BCUT2D eigenvalue weighted by atomic mass is 10.0. The monoisotopic (exact) mass is 232 g/mol. The van der Waals surface area contributed by atoms with E-state index in [9.17, 15) is 4.79 Å². The maximum Gasteiger partial charge on any atom is 0.335 e. The molecule has 0 aromatic rings. The maximum atomic E-state index is 10.1. The second kappa shape index (κ2) is 8.49. The van der Waals surface area contributed by atoms with E-state index in [0.717, 1.165) is 0 Å². The van der Waals surface area contributed by atoms with Crippen molar-refractivity contribution >= 4 is 5.97 Å². The molecule has 0 spiro atoms. The quantitative estimate of drug-likeness (QED) is 0.271. The highest BCUT2D eigenvalue weighted by molar-refractivity contribution is 5.72. The molecule has 0 aliphatic rings. The van der Waals surface area contributed by atoms with E-state index in [0.29, 0.717) is 0 Å². The van der Waals surface area contributed by atoms with Gasteiger partial charge < -0.3 is 41.6 Å². The van der Waals surface area contributed by atoms with E-state index in [1.54, 1.807) is 0 Å². The number of hydrogen-bond donors (Lipinski definition) is 6. The van der Waals surface area contributed by atoms with Crippen molar-refractivity contribution in [3.05, 3.63) is 0 Å². The molecule has 0 radical (unpaired) electrons. The number of carboxylic acid groups (broad SMARTS) is 1. The topological polar surface area (TPSA) is 201 Å². The summed E-state index contributed by atoms with van der Waals surface area (Å²) in [6, 6.07) is 0. The molecule has 0 unspecified atom stereocenters. The van der Waals surface area contributed by atoms with E-state index < -0.39 is 37.0 Å². The van der Waals surface area contributed by atoms with Crippen LogP contribution < -0.4 is 0 Å². The molecular weight excluding hydrogens is 216 g/mol. The Labute approximate surface area is 84.5 Å². The van der Waals surface area contributed by atoms with Crippen LogP contribution in [-0.2, 0) is 4.79 Å². The molecule has 9 nitrogen and oxygen atoms in total. The van der Waals surface area contributed by atoms with Gasteiger partial charge >= 0.3 is 5.97 Å². The molecule has 0 saturated heterocycles. The number of carbonyl (C=O) groups is 1. The minimum Gasteiger partial charge on any atom is -0.479 e. The van der Waals surface area contributed by atoms with Crippen molar-refractivity contribution < 1.29 is 46.4 Å². The highest BCUT2D eigenvalue weighted by Gasteiger charge is 2.33. The summed E-state index contributed by atoms with van der Waals surface area (Å²) in [4.78, 5) is 10.1. The SMILES string of the molecule is O.O.O=C(O)[C@H](O)[C@@H](O)[C@@H](O)[C@H](O)CO. The zero-order chi connectivity index (χ0) is 10.6. The summed E-state index contributed by atoms with van der Waals surface area (Å²) in [7, 11) is 0. The summed E-state index contributed by atoms with van der Waals surface area (Å²) in [6.07, 6.45) is -7.84. The molecule has 0 rings (SSSR count). The molecule has 10 N–H and O–H groups in total. The van der Waals surface area contributed by atoms with Crippen LogP contribution in [-0.4, -0.2) is 78.6 Å². The van der Waals surface area contributed by atoms with Crippen LogP contribution >= 0.6 is 0 Å². The summed E-state index contributed by atoms with van der Waals surface area (Å²) in [5.41, 5.74) is 0. The molecule has 0 aliphatic carbocycles. The summed E-state index contributed by atoms with van der Waals surface area (Å²) >= 11 is 0. The minimum atomic E-state index is -2.20. The fourth-order valence-electron chi connectivity index (χ4n) is 0.668. The van der Waals surface area contributed by atoms with Crippen LogP contribution in [0.1, 0.15) is 0 Å². The zero-order valence-corrected chi connectivity index (χ0v) is 7.61. The van der Waals surface area contributed by atoms with E-state index in [-0.39, 0.29) is 11.0 Å². The van der Waals surface area contributed by atoms with E-state index in [4.69, 9.17) is 30.6 Å². The first-order valence-electron chi connectivity index (χ1n) is 3.47. The van der Waals surface area contributed by atoms with Crippen LogP contribution in [0.5, 0.6) is 0 Å². The van der Waals surface area contributed by atoms with Crippen LogP contribution in [0.25, 0.3) is 0 Å². The molecule has 94 valence electrons. The van der Waals surface area contributed by atoms with Crippen molar-refractivity contribution in [1.29, 1.82) is 0 Å². The van der Waals surface area contributed by atoms with Crippen molar-refractivity contribution in [2.75, 3.05) is 6.61 Å². The third kappa shape index (κ3) is 5.59. The second-order valence-corrected chi connectivity index (χ2v) is 2.51. The number of rotatable bonds is 5. The summed E-state index contributed by atoms with van der Waals surface area (Å²) in [5.74, 6) is -1.73. The van der Waals surface area contributed by atoms with Gasteiger partial charge in [0.15, 0.2) is 6.10 Å². The van der Waals surface area contributed by atoms with Crippen molar-refractivity contribution in [1.82, 2.24) is 0 Å². The fraction of sp³-hybridized carbons (Fsp3) is 0.833. The summed E-state index contributed by atoms with van der Waals surface area (Å²) in [5, 5.41) is 51.8. The average Bonchev–Trinajstić information content (AvgIpc) is 2.12. The van der Waals surface area contributed by atoms with Gasteiger partial charge in [-0.05, 0) is 0 Å². The van der Waals surface area contributed by atoms with Crippen LogP contribution in [0.15, 0.2) is 0 Å². The van der Waals surface area contributed by atoms with Crippen LogP contribution in [0.2, 0.25) is 0 Å². The molecule has 9 heteroatoms. The maximum absolute atomic E-state index is 10.1. The standard InChI is InChI=1S/C6H12O7.2H2O/c7-1-2(8)3(9)4(10)5(11)6(12)13;;/h2-5,7-11H,1H2,(H,12,13);2*1H2/t2-,3+,4+,5-;;/m1../s1. The number of carboxylic acids is 1. The first-order chi connectivity index (χ1) is 5.91. The van der Waals surface area contributed by atoms with Gasteiger partial charge in [-0.2, -0.15) is 0 Å². The largest absolute Gasteiger partial charge is 0.479 e. The molecule has 0 amide bonds. The lowest BCUT2D eigenvalue weighted by molar-refractivity contribution is -0.164. The van der Waals surface area contributed by atoms with E-state index in [1.165, 1.54) is 0 Å². The Hall–Kier alpha value is -0.810. The molecule has 0 aliphatic heterocycles. The molecule has 0 saturated carbocycles. The molecule has 0 aromatic carbocycles. The Morgan fingerprint density at radius 3 is 1.67 bits per heavy atom. The summed E-state index contributed by atoms with van der Waals surface area (Å²) in [6.45, 7) is -0.843. The first-order valence-corrected chi connectivity index (χ1v) is 3.47. The highest BCUT2D eigenvalue weighted by Crippen LogP contribution is 2.04. The Balaban J connectivity index is -0.000000720. The van der Waals surface area contributed by atoms with Gasteiger partial charge in [-0.3, -0.25) is 0 Å². The molecule has 0 fully saturated rings. The Morgan fingerprint density at radius 1 is 1.00 bits per heavy atom. The average molecular weight is 232 g/mol. The smallest absolute Gasteiger partial charge is 0.335 e. The Morgan fingerprint density at radius 2 is 1.40 bits per heavy atom. The van der Waals surface area contributed by atoms with Gasteiger partial charge in [-0.25, -0.2) is 4.79 Å². The normalized spacial score (nSPS) is 17.7. The van der Waals surface area contributed by atoms with Crippen LogP contribution in [0.3, 0.4) is 0 Å². The van der Waals surface area contributed by atoms with Crippen molar-refractivity contribution in [3.63, 3.8) is 0 Å². The molecule has 15 heavy (non-hydrogen) atoms. The lowest BCUT2D eigenvalue weighted by Gasteiger charge is -2.23. The van der Waals surface area contributed by atoms with Gasteiger partial charge in [-0.1, -0.05) is 0 Å². The predicted octanol–water partition coefficient (Wildman–Crippen LogP) is -5.14. The van der Waals surface area contributed by atoms with Crippen LogP contribution in [0.4, 0.5) is 0 Å². The van der Waals surface area contributed by atoms with E-state index in [2.05, 4.69) is 0 Å². The number of aliphatic carboxylic acids is 1. The van der Waals surface area contributed by atoms with Crippen molar-refractivity contribution in [2.45, 2.75) is 24.4 Å². The van der Waals surface area contributed by atoms with Crippen molar-refractivity contribution in [3.8, 4) is 0 Å². The molecule has 0 heterocycles. The fourth-order valence-corrected chi connectivity index (χ4v) is 0.668. The first kappa shape index (κ1) is 19.7. The number of aliphatic hydroxyl groups is 5. The molecular formula is C6H16O9. The lowest BCUT2D eigenvalue weighted by Crippen LogP contribution is -2.48. The minimum absolute atomic E-state index is 0. The summed E-state index contributed by atoms with van der Waals surface area (Å²) < 4.78 is 0. The predicted molar refractivity (Wildman–Crippen MR) is 46.0 cm³/mol. The van der Waals surface area contributed by atoms with E-state index >= 15 is 0 Å². The van der Waals surface area contributed by atoms with Gasteiger partial charge in [0.2, 0.25) is 0 Å². The Kier molecular flexibility index (Phi) is 11.2. The molecule has 4 atom stereocenters. The third-order valence-corrected chi connectivity index (χ3v) is 1.51. The van der Waals surface area contributed by atoms with Gasteiger partial charge in [0.25, 0.3) is 0 Å². The van der Waals surface area contributed by atoms with Gasteiger partial charge in [0.1, 0.15) is 18.3 Å². The number of aliphatic hydroxyl groups excluding tert-OH is 5.